The third-order valence-electron chi connectivity index (χ3n) is 2.33. The Kier molecular flexibility index (Phi) is 4.29. The van der Waals surface area contributed by atoms with Crippen molar-refractivity contribution in [3.8, 4) is 0 Å². The number of aromatic nitrogens is 2. The van der Waals surface area contributed by atoms with Crippen LogP contribution in [0.1, 0.15) is 12.8 Å². The normalized spacial score (nSPS) is 21.5. The van der Waals surface area contributed by atoms with Crippen molar-refractivity contribution < 1.29 is 0 Å². The minimum atomic E-state index is 0.670. The summed E-state index contributed by atoms with van der Waals surface area (Å²) in [7, 11) is 0. The molecule has 5 heteroatoms. The van der Waals surface area contributed by atoms with Crippen LogP contribution in [0.5, 0.6) is 0 Å². The number of thioether (sulfide) groups is 2. The zero-order valence-corrected chi connectivity index (χ0v) is 10.4. The fourth-order valence-corrected chi connectivity index (χ4v) is 3.10. The second-order valence-electron chi connectivity index (χ2n) is 3.47. The minimum Gasteiger partial charge on any atom is -0.316 e. The Morgan fingerprint density at radius 3 is 3.20 bits per heavy atom. The summed E-state index contributed by atoms with van der Waals surface area (Å²) < 4.78 is 0. The van der Waals surface area contributed by atoms with Gasteiger partial charge in [-0.3, -0.25) is 0 Å². The van der Waals surface area contributed by atoms with E-state index in [0.717, 1.165) is 23.3 Å². The zero-order valence-electron chi connectivity index (χ0n) is 8.77. The number of hydrogen-bond donors (Lipinski definition) is 1. The molecule has 82 valence electrons. The molecule has 0 aromatic carbocycles. The fraction of sp³-hybridized carbons (Fsp3) is 0.600. The molecule has 1 aromatic heterocycles. The molecule has 0 bridgehead atoms. The lowest BCUT2D eigenvalue weighted by Crippen LogP contribution is -2.31. The number of hydrogen-bond acceptors (Lipinski definition) is 5. The highest BCUT2D eigenvalue weighted by Crippen LogP contribution is 2.26. The number of piperidine rings is 1. The minimum absolute atomic E-state index is 0.670. The maximum atomic E-state index is 4.47. The molecule has 15 heavy (non-hydrogen) atoms. The molecular formula is C10H15N3S2. The van der Waals surface area contributed by atoms with E-state index in [1.54, 1.807) is 11.8 Å². The van der Waals surface area contributed by atoms with Gasteiger partial charge in [-0.15, -0.1) is 11.8 Å². The molecule has 0 radical (unpaired) electrons. The average molecular weight is 241 g/mol. The van der Waals surface area contributed by atoms with E-state index < -0.39 is 0 Å². The van der Waals surface area contributed by atoms with Crippen molar-refractivity contribution in [3.63, 3.8) is 0 Å². The smallest absolute Gasteiger partial charge is 0.188 e. The summed E-state index contributed by atoms with van der Waals surface area (Å²) in [5.41, 5.74) is 0. The Hall–Kier alpha value is -0.260. The molecule has 3 nitrogen and oxygen atoms in total. The van der Waals surface area contributed by atoms with Crippen LogP contribution in [0.3, 0.4) is 0 Å². The molecule has 1 saturated heterocycles. The molecule has 0 spiro atoms. The van der Waals surface area contributed by atoms with Crippen molar-refractivity contribution in [1.29, 1.82) is 0 Å². The van der Waals surface area contributed by atoms with E-state index in [2.05, 4.69) is 15.3 Å². The number of rotatable bonds is 3. The largest absolute Gasteiger partial charge is 0.316 e. The monoisotopic (exact) mass is 241 g/mol. The summed E-state index contributed by atoms with van der Waals surface area (Å²) in [5.74, 6) is 0. The van der Waals surface area contributed by atoms with Gasteiger partial charge in [0.15, 0.2) is 5.16 Å². The Bertz CT molecular complexity index is 313. The van der Waals surface area contributed by atoms with E-state index >= 15 is 0 Å². The maximum absolute atomic E-state index is 4.47. The number of nitrogens with zero attached hydrogens (tertiary/aromatic N) is 2. The van der Waals surface area contributed by atoms with Gasteiger partial charge in [0.1, 0.15) is 5.03 Å². The SMILES string of the molecule is CSc1nccc(SC2CCCNC2)n1. The van der Waals surface area contributed by atoms with Gasteiger partial charge < -0.3 is 5.32 Å². The summed E-state index contributed by atoms with van der Waals surface area (Å²) >= 11 is 3.46. The highest BCUT2D eigenvalue weighted by atomic mass is 32.2. The molecule has 1 N–H and O–H groups in total. The molecular weight excluding hydrogens is 226 g/mol. The van der Waals surface area contributed by atoms with Crippen LogP contribution in [0.4, 0.5) is 0 Å². The predicted octanol–water partition coefficient (Wildman–Crippen LogP) is 2.04. The van der Waals surface area contributed by atoms with Crippen LogP contribution in [0.25, 0.3) is 0 Å². The molecule has 1 aliphatic rings. The zero-order chi connectivity index (χ0) is 10.5. The lowest BCUT2D eigenvalue weighted by Gasteiger charge is -2.21. The van der Waals surface area contributed by atoms with Crippen molar-refractivity contribution in [1.82, 2.24) is 15.3 Å². The lowest BCUT2D eigenvalue weighted by atomic mass is 10.2. The predicted molar refractivity (Wildman–Crippen MR) is 65.6 cm³/mol. The van der Waals surface area contributed by atoms with E-state index in [1.807, 2.05) is 30.3 Å². The van der Waals surface area contributed by atoms with Gasteiger partial charge in [-0.25, -0.2) is 9.97 Å². The van der Waals surface area contributed by atoms with Crippen LogP contribution < -0.4 is 5.32 Å². The molecule has 2 rings (SSSR count). The fourth-order valence-electron chi connectivity index (χ4n) is 1.58. The maximum Gasteiger partial charge on any atom is 0.188 e. The Balaban J connectivity index is 1.96. The van der Waals surface area contributed by atoms with Crippen LogP contribution in [-0.4, -0.2) is 34.6 Å². The second-order valence-corrected chi connectivity index (χ2v) is 5.56. The summed E-state index contributed by atoms with van der Waals surface area (Å²) in [4.78, 5) is 8.65. The summed E-state index contributed by atoms with van der Waals surface area (Å²) in [6, 6.07) is 2.00. The van der Waals surface area contributed by atoms with Crippen LogP contribution in [-0.2, 0) is 0 Å². The number of nitrogens with one attached hydrogen (secondary N) is 1. The van der Waals surface area contributed by atoms with E-state index in [1.165, 1.54) is 12.8 Å². The van der Waals surface area contributed by atoms with Crippen molar-refractivity contribution >= 4 is 23.5 Å². The third-order valence-corrected chi connectivity index (χ3v) is 4.10. The molecule has 2 heterocycles. The molecule has 1 fully saturated rings. The average Bonchev–Trinajstić information content (AvgIpc) is 2.31. The lowest BCUT2D eigenvalue weighted by molar-refractivity contribution is 0.531. The van der Waals surface area contributed by atoms with Crippen molar-refractivity contribution in [2.24, 2.45) is 0 Å². The molecule has 0 saturated carbocycles. The van der Waals surface area contributed by atoms with Crippen molar-refractivity contribution in [3.05, 3.63) is 12.3 Å². The summed E-state index contributed by atoms with van der Waals surface area (Å²) in [6.07, 6.45) is 6.41. The summed E-state index contributed by atoms with van der Waals surface area (Å²) in [5, 5.41) is 6.05. The van der Waals surface area contributed by atoms with Gasteiger partial charge >= 0.3 is 0 Å². The van der Waals surface area contributed by atoms with Gasteiger partial charge in [0.05, 0.1) is 0 Å². The standard InChI is InChI=1S/C10H15N3S2/c1-14-10-12-6-4-9(13-10)15-8-3-2-5-11-7-8/h4,6,8,11H,2-3,5,7H2,1H3. The Morgan fingerprint density at radius 2 is 2.47 bits per heavy atom. The highest BCUT2D eigenvalue weighted by molar-refractivity contribution is 8.00. The first kappa shape index (κ1) is 11.2. The first-order valence-electron chi connectivity index (χ1n) is 5.13. The molecule has 0 amide bonds. The van der Waals surface area contributed by atoms with Gasteiger partial charge in [0, 0.05) is 18.0 Å². The quantitative estimate of drug-likeness (QED) is 0.498. The molecule has 1 aliphatic heterocycles. The van der Waals surface area contributed by atoms with E-state index in [0.29, 0.717) is 5.25 Å². The third kappa shape index (κ3) is 3.36. The van der Waals surface area contributed by atoms with Gasteiger partial charge in [-0.05, 0) is 31.7 Å². The first-order valence-corrected chi connectivity index (χ1v) is 7.23. The Morgan fingerprint density at radius 1 is 1.53 bits per heavy atom. The van der Waals surface area contributed by atoms with Crippen LogP contribution in [0.2, 0.25) is 0 Å². The van der Waals surface area contributed by atoms with Gasteiger partial charge in [0.25, 0.3) is 0 Å². The molecule has 1 unspecified atom stereocenters. The molecule has 1 aromatic rings. The van der Waals surface area contributed by atoms with Crippen LogP contribution in [0.15, 0.2) is 22.4 Å². The van der Waals surface area contributed by atoms with Gasteiger partial charge in [-0.2, -0.15) is 0 Å². The van der Waals surface area contributed by atoms with E-state index in [-0.39, 0.29) is 0 Å². The van der Waals surface area contributed by atoms with Crippen molar-refractivity contribution in [2.75, 3.05) is 19.3 Å². The molecule has 0 aliphatic carbocycles. The molecule has 1 atom stereocenters. The van der Waals surface area contributed by atoms with Crippen LogP contribution >= 0.6 is 23.5 Å². The van der Waals surface area contributed by atoms with E-state index in [9.17, 15) is 0 Å². The Labute approximate surface area is 98.9 Å². The second kappa shape index (κ2) is 5.72. The van der Waals surface area contributed by atoms with E-state index in [4.69, 9.17) is 0 Å². The van der Waals surface area contributed by atoms with Crippen molar-refractivity contribution in [2.45, 2.75) is 28.3 Å². The van der Waals surface area contributed by atoms with Gasteiger partial charge in [-0.1, -0.05) is 11.8 Å². The van der Waals surface area contributed by atoms with Gasteiger partial charge in [0.2, 0.25) is 0 Å². The topological polar surface area (TPSA) is 37.8 Å². The van der Waals surface area contributed by atoms with Crippen LogP contribution in [0, 0.1) is 0 Å². The highest BCUT2D eigenvalue weighted by Gasteiger charge is 2.14. The summed E-state index contributed by atoms with van der Waals surface area (Å²) in [6.45, 7) is 2.26. The first-order chi connectivity index (χ1) is 7.38.